The third-order valence-electron chi connectivity index (χ3n) is 4.88. The van der Waals surface area contributed by atoms with Crippen LogP contribution in [0, 0.1) is 0 Å². The fourth-order valence-corrected chi connectivity index (χ4v) is 3.54. The van der Waals surface area contributed by atoms with Crippen LogP contribution in [0.4, 0.5) is 11.6 Å². The highest BCUT2D eigenvalue weighted by molar-refractivity contribution is 6.02. The van der Waals surface area contributed by atoms with Crippen LogP contribution in [0.15, 0.2) is 30.7 Å². The average Bonchev–Trinajstić information content (AvgIpc) is 3.33. The summed E-state index contributed by atoms with van der Waals surface area (Å²) in [6.07, 6.45) is 5.57. The molecule has 0 aromatic carbocycles. The summed E-state index contributed by atoms with van der Waals surface area (Å²) >= 11 is 0. The molecule has 0 bridgehead atoms. The highest BCUT2D eigenvalue weighted by Gasteiger charge is 2.25. The SMILES string of the molecule is Nc1nccc(-c2c[nH]c3nccc(N4CC[C@H](NC[C@H](O)CO)C4)c23)n1. The number of nitrogens with two attached hydrogens (primary N) is 1. The monoisotopic (exact) mass is 369 g/mol. The van der Waals surface area contributed by atoms with Gasteiger partial charge in [0.15, 0.2) is 0 Å². The van der Waals surface area contributed by atoms with Crippen LogP contribution in [0.5, 0.6) is 0 Å². The van der Waals surface area contributed by atoms with Gasteiger partial charge in [-0.1, -0.05) is 0 Å². The molecule has 0 amide bonds. The summed E-state index contributed by atoms with van der Waals surface area (Å²) in [5.41, 5.74) is 9.32. The molecule has 142 valence electrons. The summed E-state index contributed by atoms with van der Waals surface area (Å²) in [6.45, 7) is 1.86. The van der Waals surface area contributed by atoms with Crippen molar-refractivity contribution in [2.45, 2.75) is 18.6 Å². The Morgan fingerprint density at radius 2 is 2.19 bits per heavy atom. The molecule has 9 heteroatoms. The summed E-state index contributed by atoms with van der Waals surface area (Å²) in [7, 11) is 0. The number of aromatic nitrogens is 4. The number of anilines is 2. The molecule has 3 aromatic rings. The third kappa shape index (κ3) is 3.57. The van der Waals surface area contributed by atoms with Gasteiger partial charge in [0.1, 0.15) is 5.65 Å². The van der Waals surface area contributed by atoms with E-state index >= 15 is 0 Å². The summed E-state index contributed by atoms with van der Waals surface area (Å²) in [5, 5.41) is 22.8. The molecule has 1 saturated heterocycles. The van der Waals surface area contributed by atoms with Gasteiger partial charge in [0.2, 0.25) is 5.95 Å². The number of fused-ring (bicyclic) bond motifs is 1. The number of nitrogen functional groups attached to an aromatic ring is 1. The summed E-state index contributed by atoms with van der Waals surface area (Å²) < 4.78 is 0. The predicted molar refractivity (Wildman–Crippen MR) is 103 cm³/mol. The number of aromatic amines is 1. The van der Waals surface area contributed by atoms with E-state index in [1.165, 1.54) is 0 Å². The van der Waals surface area contributed by atoms with Crippen LogP contribution in [-0.2, 0) is 0 Å². The van der Waals surface area contributed by atoms with Crippen molar-refractivity contribution in [3.8, 4) is 11.3 Å². The summed E-state index contributed by atoms with van der Waals surface area (Å²) in [5.74, 6) is 0.236. The molecule has 0 spiro atoms. The van der Waals surface area contributed by atoms with E-state index < -0.39 is 6.10 Å². The van der Waals surface area contributed by atoms with E-state index in [1.807, 2.05) is 18.3 Å². The molecular weight excluding hydrogens is 346 g/mol. The van der Waals surface area contributed by atoms with Gasteiger partial charge in [0.25, 0.3) is 0 Å². The fourth-order valence-electron chi connectivity index (χ4n) is 3.54. The van der Waals surface area contributed by atoms with Gasteiger partial charge in [-0.2, -0.15) is 0 Å². The molecule has 6 N–H and O–H groups in total. The lowest BCUT2D eigenvalue weighted by molar-refractivity contribution is 0.0924. The molecule has 4 heterocycles. The van der Waals surface area contributed by atoms with E-state index in [1.54, 1.807) is 12.4 Å². The average molecular weight is 369 g/mol. The number of H-pyrrole nitrogens is 1. The molecular formula is C18H23N7O2. The molecule has 9 nitrogen and oxygen atoms in total. The number of rotatable bonds is 6. The van der Waals surface area contributed by atoms with Crippen LogP contribution in [-0.4, -0.2) is 68.5 Å². The smallest absolute Gasteiger partial charge is 0.220 e. The molecule has 27 heavy (non-hydrogen) atoms. The number of nitrogens with zero attached hydrogens (tertiary/aromatic N) is 4. The van der Waals surface area contributed by atoms with Crippen LogP contribution in [0.1, 0.15) is 6.42 Å². The molecule has 0 radical (unpaired) electrons. The fraction of sp³-hybridized carbons (Fsp3) is 0.389. The van der Waals surface area contributed by atoms with Crippen LogP contribution < -0.4 is 16.0 Å². The molecule has 3 aromatic heterocycles. The van der Waals surface area contributed by atoms with E-state index in [0.717, 1.165) is 47.5 Å². The highest BCUT2D eigenvalue weighted by Crippen LogP contribution is 2.35. The van der Waals surface area contributed by atoms with E-state index in [9.17, 15) is 5.11 Å². The van der Waals surface area contributed by atoms with Crippen molar-refractivity contribution >= 4 is 22.7 Å². The van der Waals surface area contributed by atoms with E-state index in [0.29, 0.717) is 6.54 Å². The van der Waals surface area contributed by atoms with Crippen molar-refractivity contribution in [2.75, 3.05) is 36.9 Å². The van der Waals surface area contributed by atoms with Gasteiger partial charge in [0.05, 0.1) is 29.5 Å². The maximum atomic E-state index is 9.54. The first kappa shape index (κ1) is 17.7. The molecule has 2 atom stereocenters. The number of hydrogen-bond donors (Lipinski definition) is 5. The van der Waals surface area contributed by atoms with Gasteiger partial charge in [0, 0.05) is 49.8 Å². The van der Waals surface area contributed by atoms with Crippen LogP contribution in [0.3, 0.4) is 0 Å². The minimum absolute atomic E-state index is 0.233. The zero-order valence-corrected chi connectivity index (χ0v) is 14.8. The first-order valence-electron chi connectivity index (χ1n) is 8.98. The molecule has 0 aliphatic carbocycles. The van der Waals surface area contributed by atoms with Crippen molar-refractivity contribution in [3.05, 3.63) is 30.7 Å². The minimum atomic E-state index is -0.730. The van der Waals surface area contributed by atoms with Gasteiger partial charge in [-0.05, 0) is 18.6 Å². The number of hydrogen-bond acceptors (Lipinski definition) is 8. The van der Waals surface area contributed by atoms with Crippen molar-refractivity contribution in [3.63, 3.8) is 0 Å². The number of aliphatic hydroxyl groups excluding tert-OH is 2. The Bertz CT molecular complexity index is 929. The Morgan fingerprint density at radius 1 is 1.33 bits per heavy atom. The Labute approximate surface area is 156 Å². The largest absolute Gasteiger partial charge is 0.394 e. The second kappa shape index (κ2) is 7.47. The maximum Gasteiger partial charge on any atom is 0.220 e. The van der Waals surface area contributed by atoms with Crippen molar-refractivity contribution < 1.29 is 10.2 Å². The highest BCUT2D eigenvalue weighted by atomic mass is 16.3. The zero-order chi connectivity index (χ0) is 18.8. The summed E-state index contributed by atoms with van der Waals surface area (Å²) in [6, 6.07) is 4.10. The topological polar surface area (TPSA) is 136 Å². The standard InChI is InChI=1S/C18H23N7O2/c19-18-21-4-1-14(24-18)13-8-23-17-16(13)15(2-5-20-17)25-6-3-11(9-25)22-7-12(27)10-26/h1-2,4-5,8,11-12,22,26-27H,3,6-7,9-10H2,(H,20,23)(H2,19,21,24)/t11-,12-/m0/s1. The van der Waals surface area contributed by atoms with Gasteiger partial charge in [-0.3, -0.25) is 0 Å². The van der Waals surface area contributed by atoms with Gasteiger partial charge >= 0.3 is 0 Å². The van der Waals surface area contributed by atoms with Gasteiger partial charge < -0.3 is 31.1 Å². The Morgan fingerprint density at radius 3 is 3.00 bits per heavy atom. The van der Waals surface area contributed by atoms with Crippen LogP contribution >= 0.6 is 0 Å². The number of aliphatic hydroxyl groups is 2. The Kier molecular flexibility index (Phi) is 4.88. The first-order valence-corrected chi connectivity index (χ1v) is 8.98. The lowest BCUT2D eigenvalue weighted by Crippen LogP contribution is -2.38. The lowest BCUT2D eigenvalue weighted by Gasteiger charge is -2.21. The number of nitrogens with one attached hydrogen (secondary N) is 2. The van der Waals surface area contributed by atoms with E-state index in [-0.39, 0.29) is 18.6 Å². The lowest BCUT2D eigenvalue weighted by atomic mass is 10.1. The zero-order valence-electron chi connectivity index (χ0n) is 14.8. The second-order valence-electron chi connectivity index (χ2n) is 6.73. The molecule has 4 rings (SSSR count). The Hall–Kier alpha value is -2.75. The van der Waals surface area contributed by atoms with Crippen molar-refractivity contribution in [1.29, 1.82) is 0 Å². The molecule has 0 unspecified atom stereocenters. The van der Waals surface area contributed by atoms with Crippen LogP contribution in [0.25, 0.3) is 22.3 Å². The Balaban J connectivity index is 1.62. The second-order valence-corrected chi connectivity index (χ2v) is 6.73. The molecule has 1 fully saturated rings. The van der Waals surface area contributed by atoms with Crippen molar-refractivity contribution in [2.24, 2.45) is 0 Å². The summed E-state index contributed by atoms with van der Waals surface area (Å²) in [4.78, 5) is 18.3. The van der Waals surface area contributed by atoms with Gasteiger partial charge in [-0.15, -0.1) is 0 Å². The third-order valence-corrected chi connectivity index (χ3v) is 4.88. The number of pyridine rings is 1. The van der Waals surface area contributed by atoms with E-state index in [2.05, 4.69) is 30.2 Å². The quantitative estimate of drug-likeness (QED) is 0.413. The van der Waals surface area contributed by atoms with Crippen molar-refractivity contribution in [1.82, 2.24) is 25.3 Å². The molecule has 1 aliphatic rings. The molecule has 1 aliphatic heterocycles. The maximum absolute atomic E-state index is 9.54. The molecule has 0 saturated carbocycles. The van der Waals surface area contributed by atoms with Crippen LogP contribution in [0.2, 0.25) is 0 Å². The minimum Gasteiger partial charge on any atom is -0.394 e. The first-order chi connectivity index (χ1) is 13.2. The van der Waals surface area contributed by atoms with Gasteiger partial charge in [-0.25, -0.2) is 15.0 Å². The predicted octanol–water partition coefficient (Wildman–Crippen LogP) is 0.124. The van der Waals surface area contributed by atoms with E-state index in [4.69, 9.17) is 10.8 Å². The normalized spacial score (nSPS) is 18.3.